The van der Waals surface area contributed by atoms with E-state index in [0.29, 0.717) is 17.6 Å². The fourth-order valence-corrected chi connectivity index (χ4v) is 3.41. The molecule has 1 heteroatoms. The van der Waals surface area contributed by atoms with Gasteiger partial charge in [-0.05, 0) is 17.7 Å². The number of hydrogen-bond donors (Lipinski definition) is 0. The molecule has 0 aliphatic heterocycles. The van der Waals surface area contributed by atoms with Gasteiger partial charge in [0.05, 0.1) is 5.92 Å². The third-order valence-electron chi connectivity index (χ3n) is 4.67. The second-order valence-electron chi connectivity index (χ2n) is 6.12. The fraction of sp³-hybridized carbons (Fsp3) is 0.182. The zero-order chi connectivity index (χ0) is 15.6. The Bertz CT molecular complexity index is 669. The van der Waals surface area contributed by atoms with Crippen LogP contribution in [0, 0.1) is 24.3 Å². The van der Waals surface area contributed by atoms with Gasteiger partial charge in [-0.3, -0.25) is 0 Å². The maximum absolute atomic E-state index is 6.27. The Labute approximate surface area is 137 Å². The highest BCUT2D eigenvalue weighted by molar-refractivity contribution is 5.48. The van der Waals surface area contributed by atoms with Crippen LogP contribution in [0.15, 0.2) is 102 Å². The molecule has 1 nitrogen and oxygen atoms in total. The Kier molecular flexibility index (Phi) is 3.63. The summed E-state index contributed by atoms with van der Waals surface area (Å²) in [7, 11) is 0. The van der Waals surface area contributed by atoms with Crippen LogP contribution in [0.25, 0.3) is 0 Å². The summed E-state index contributed by atoms with van der Waals surface area (Å²) >= 11 is 0. The zero-order valence-corrected chi connectivity index (χ0v) is 12.9. The van der Waals surface area contributed by atoms with Crippen LogP contribution in [0.1, 0.15) is 0 Å². The third kappa shape index (κ3) is 2.63. The van der Waals surface area contributed by atoms with Crippen molar-refractivity contribution in [2.45, 2.75) is 6.10 Å². The van der Waals surface area contributed by atoms with Crippen molar-refractivity contribution < 1.29 is 4.74 Å². The van der Waals surface area contributed by atoms with Crippen molar-refractivity contribution >= 4 is 0 Å². The van der Waals surface area contributed by atoms with Gasteiger partial charge in [-0.2, -0.15) is 0 Å². The Hall–Kier alpha value is -2.54. The van der Waals surface area contributed by atoms with Gasteiger partial charge in [-0.1, -0.05) is 85.1 Å². The Balaban J connectivity index is 1.57. The van der Waals surface area contributed by atoms with Gasteiger partial charge >= 0.3 is 0 Å². The third-order valence-corrected chi connectivity index (χ3v) is 4.67. The van der Waals surface area contributed by atoms with Crippen LogP contribution < -0.4 is 0 Å². The van der Waals surface area contributed by atoms with Crippen LogP contribution in [-0.2, 0) is 4.74 Å². The SMILES string of the molecule is [CH]=C(OC1C(C2C=CC=C2)=CC=C1C1C=CC=C1)C1C=CC=C1. The van der Waals surface area contributed by atoms with Crippen molar-refractivity contribution in [2.75, 3.05) is 0 Å². The molecule has 4 rings (SSSR count). The maximum atomic E-state index is 6.27. The second kappa shape index (κ2) is 5.92. The summed E-state index contributed by atoms with van der Waals surface area (Å²) in [5.74, 6) is 1.23. The summed E-state index contributed by atoms with van der Waals surface area (Å²) in [6.45, 7) is 6.25. The minimum Gasteiger partial charge on any atom is -0.485 e. The van der Waals surface area contributed by atoms with Gasteiger partial charge in [0.25, 0.3) is 0 Å². The predicted molar refractivity (Wildman–Crippen MR) is 94.2 cm³/mol. The van der Waals surface area contributed by atoms with Crippen molar-refractivity contribution in [1.29, 1.82) is 0 Å². The molecular formula is C22H19O. The molecule has 0 spiro atoms. The van der Waals surface area contributed by atoms with Crippen LogP contribution >= 0.6 is 0 Å². The first kappa shape index (κ1) is 14.1. The molecule has 0 bridgehead atoms. The van der Waals surface area contributed by atoms with Gasteiger partial charge in [0, 0.05) is 11.8 Å². The molecule has 0 saturated carbocycles. The van der Waals surface area contributed by atoms with Gasteiger partial charge in [-0.25, -0.2) is 0 Å². The van der Waals surface area contributed by atoms with Gasteiger partial charge in [-0.15, -0.1) is 0 Å². The topological polar surface area (TPSA) is 9.23 Å². The highest BCUT2D eigenvalue weighted by atomic mass is 16.5. The molecule has 4 aliphatic rings. The first-order chi connectivity index (χ1) is 11.3. The van der Waals surface area contributed by atoms with E-state index in [1.807, 2.05) is 12.2 Å². The summed E-state index contributed by atoms with van der Waals surface area (Å²) in [4.78, 5) is 0. The molecule has 0 atom stereocenters. The second-order valence-corrected chi connectivity index (χ2v) is 6.12. The lowest BCUT2D eigenvalue weighted by Gasteiger charge is -2.27. The Morgan fingerprint density at radius 2 is 1.13 bits per heavy atom. The van der Waals surface area contributed by atoms with Crippen LogP contribution in [0.2, 0.25) is 0 Å². The lowest BCUT2D eigenvalue weighted by molar-refractivity contribution is 0.153. The van der Waals surface area contributed by atoms with Gasteiger partial charge < -0.3 is 4.74 Å². The van der Waals surface area contributed by atoms with Gasteiger partial charge in [0.15, 0.2) is 0 Å². The Morgan fingerprint density at radius 1 is 0.696 bits per heavy atom. The van der Waals surface area contributed by atoms with Crippen molar-refractivity contribution in [3.05, 3.63) is 109 Å². The van der Waals surface area contributed by atoms with E-state index in [2.05, 4.69) is 72.9 Å². The highest BCUT2D eigenvalue weighted by Crippen LogP contribution is 2.39. The van der Waals surface area contributed by atoms with Gasteiger partial charge in [0.1, 0.15) is 11.9 Å². The summed E-state index contributed by atoms with van der Waals surface area (Å²) in [6, 6.07) is 0. The van der Waals surface area contributed by atoms with Crippen molar-refractivity contribution in [3.63, 3.8) is 0 Å². The highest BCUT2D eigenvalue weighted by Gasteiger charge is 2.33. The number of rotatable bonds is 5. The lowest BCUT2D eigenvalue weighted by atomic mass is 9.90. The Morgan fingerprint density at radius 3 is 1.61 bits per heavy atom. The summed E-state index contributed by atoms with van der Waals surface area (Å²) < 4.78 is 6.27. The van der Waals surface area contributed by atoms with E-state index >= 15 is 0 Å². The lowest BCUT2D eigenvalue weighted by Crippen LogP contribution is -2.23. The van der Waals surface area contributed by atoms with E-state index in [9.17, 15) is 0 Å². The molecule has 0 N–H and O–H groups in total. The molecule has 0 aromatic heterocycles. The molecule has 0 heterocycles. The van der Waals surface area contributed by atoms with Crippen molar-refractivity contribution in [1.82, 2.24) is 0 Å². The maximum Gasteiger partial charge on any atom is 0.143 e. The molecule has 0 fully saturated rings. The average molecular weight is 299 g/mol. The predicted octanol–water partition coefficient (Wildman–Crippen LogP) is 4.78. The van der Waals surface area contributed by atoms with Gasteiger partial charge in [0.2, 0.25) is 0 Å². The standard InChI is InChI=1S/C22H19O/c1-16(17-8-2-3-9-17)23-22-20(18-10-4-5-11-18)14-15-21(22)19-12-6-7-13-19/h1-15,17-19,22H. The molecule has 23 heavy (non-hydrogen) atoms. The molecule has 113 valence electrons. The minimum atomic E-state index is -0.0906. The van der Waals surface area contributed by atoms with E-state index in [0.717, 1.165) is 0 Å². The molecule has 0 saturated heterocycles. The van der Waals surface area contributed by atoms with Crippen LogP contribution in [0.5, 0.6) is 0 Å². The molecule has 0 unspecified atom stereocenters. The molecule has 1 radical (unpaired) electrons. The summed E-state index contributed by atoms with van der Waals surface area (Å²) in [5, 5.41) is 0. The molecule has 0 amide bonds. The first-order valence-corrected chi connectivity index (χ1v) is 8.08. The zero-order valence-electron chi connectivity index (χ0n) is 12.9. The number of allylic oxidation sites excluding steroid dienone is 13. The first-order valence-electron chi connectivity index (χ1n) is 8.08. The van der Waals surface area contributed by atoms with E-state index in [1.165, 1.54) is 11.1 Å². The van der Waals surface area contributed by atoms with Crippen molar-refractivity contribution in [3.8, 4) is 0 Å². The number of hydrogen-bond acceptors (Lipinski definition) is 1. The van der Waals surface area contributed by atoms with E-state index < -0.39 is 0 Å². The fourth-order valence-electron chi connectivity index (χ4n) is 3.41. The van der Waals surface area contributed by atoms with Crippen molar-refractivity contribution in [2.24, 2.45) is 17.8 Å². The summed E-state index contributed by atoms with van der Waals surface area (Å²) in [5.41, 5.74) is 2.51. The van der Waals surface area contributed by atoms with Crippen LogP contribution in [0.4, 0.5) is 0 Å². The molecule has 0 aromatic carbocycles. The molecule has 4 aliphatic carbocycles. The molecule has 0 aromatic rings. The van der Waals surface area contributed by atoms with E-state index in [4.69, 9.17) is 11.3 Å². The van der Waals surface area contributed by atoms with E-state index in [-0.39, 0.29) is 12.0 Å². The largest absolute Gasteiger partial charge is 0.485 e. The smallest absolute Gasteiger partial charge is 0.143 e. The molecular weight excluding hydrogens is 280 g/mol. The van der Waals surface area contributed by atoms with Crippen LogP contribution in [0.3, 0.4) is 0 Å². The minimum absolute atomic E-state index is 0.0717. The normalized spacial score (nSPS) is 23.5. The number of ether oxygens (including phenoxy) is 1. The quantitative estimate of drug-likeness (QED) is 0.664. The monoisotopic (exact) mass is 299 g/mol. The average Bonchev–Trinajstić information content (AvgIpc) is 3.31. The van der Waals surface area contributed by atoms with E-state index in [1.54, 1.807) is 0 Å². The summed E-state index contributed by atoms with van der Waals surface area (Å²) in [6.07, 6.45) is 29.6. The van der Waals surface area contributed by atoms with Crippen LogP contribution in [-0.4, -0.2) is 6.10 Å².